The quantitative estimate of drug-likeness (QED) is 0.806. The Labute approximate surface area is 143 Å². The van der Waals surface area contributed by atoms with Gasteiger partial charge >= 0.3 is 0 Å². The van der Waals surface area contributed by atoms with Crippen LogP contribution in [0.3, 0.4) is 0 Å². The molecule has 24 heavy (non-hydrogen) atoms. The monoisotopic (exact) mass is 326 g/mol. The van der Waals surface area contributed by atoms with Crippen LogP contribution < -0.4 is 10.1 Å². The Balaban J connectivity index is 1.38. The maximum Gasteiger partial charge on any atom is 0.223 e. The molecule has 0 bridgehead atoms. The highest BCUT2D eigenvalue weighted by molar-refractivity contribution is 5.76. The third-order valence-corrected chi connectivity index (χ3v) is 4.56. The highest BCUT2D eigenvalue weighted by Gasteiger charge is 2.26. The zero-order chi connectivity index (χ0) is 16.9. The van der Waals surface area contributed by atoms with Gasteiger partial charge in [-0.25, -0.2) is 0 Å². The van der Waals surface area contributed by atoms with Gasteiger partial charge in [-0.2, -0.15) is 0 Å². The van der Waals surface area contributed by atoms with Crippen molar-refractivity contribution in [3.05, 3.63) is 53.3 Å². The number of hydrogen-bond donors (Lipinski definition) is 1. The summed E-state index contributed by atoms with van der Waals surface area (Å²) in [7, 11) is 0. The Hall–Kier alpha value is -2.23. The lowest BCUT2D eigenvalue weighted by molar-refractivity contribution is -0.121. The van der Waals surface area contributed by atoms with E-state index in [1.807, 2.05) is 30.3 Å². The first-order valence-electron chi connectivity index (χ1n) is 8.77. The van der Waals surface area contributed by atoms with E-state index in [2.05, 4.69) is 29.8 Å². The lowest BCUT2D eigenvalue weighted by atomic mass is 10.2. The number of rotatable bonds is 8. The van der Waals surface area contributed by atoms with Crippen LogP contribution in [-0.4, -0.2) is 23.6 Å². The number of benzene rings is 1. The molecular weight excluding hydrogens is 300 g/mol. The van der Waals surface area contributed by atoms with Gasteiger partial charge in [-0.15, -0.1) is 0 Å². The van der Waals surface area contributed by atoms with E-state index in [4.69, 9.17) is 4.74 Å². The van der Waals surface area contributed by atoms with Crippen LogP contribution in [0.2, 0.25) is 0 Å². The Morgan fingerprint density at radius 2 is 2.00 bits per heavy atom. The highest BCUT2D eigenvalue weighted by atomic mass is 16.5. The maximum absolute atomic E-state index is 11.9. The lowest BCUT2D eigenvalue weighted by Crippen LogP contribution is -2.27. The fourth-order valence-electron chi connectivity index (χ4n) is 3.20. The Morgan fingerprint density at radius 1 is 1.25 bits per heavy atom. The minimum absolute atomic E-state index is 0.0435. The van der Waals surface area contributed by atoms with Gasteiger partial charge in [0.1, 0.15) is 5.75 Å². The second-order valence-electron chi connectivity index (χ2n) is 6.51. The minimum Gasteiger partial charge on any atom is -0.493 e. The number of hydrogen-bond acceptors (Lipinski definition) is 2. The molecule has 1 fully saturated rings. The normalized spacial score (nSPS) is 13.8. The van der Waals surface area contributed by atoms with Gasteiger partial charge in [0.2, 0.25) is 5.91 Å². The van der Waals surface area contributed by atoms with Crippen LogP contribution in [0.25, 0.3) is 0 Å². The summed E-state index contributed by atoms with van der Waals surface area (Å²) in [6.45, 7) is 5.45. The van der Waals surface area contributed by atoms with E-state index in [-0.39, 0.29) is 5.91 Å². The number of nitrogens with zero attached hydrogens (tertiary/aromatic N) is 1. The van der Waals surface area contributed by atoms with Gasteiger partial charge in [0.15, 0.2) is 0 Å². The van der Waals surface area contributed by atoms with Crippen LogP contribution >= 0.6 is 0 Å². The standard InChI is InChI=1S/C20H26N2O2/c1-15-14-17(16(2)22(15)18-8-9-18)10-12-21-20(23)11-13-24-19-6-4-3-5-7-19/h3-7,14,18H,8-13H2,1-2H3,(H,21,23). The van der Waals surface area contributed by atoms with Gasteiger partial charge in [-0.05, 0) is 56.9 Å². The first kappa shape index (κ1) is 16.6. The van der Waals surface area contributed by atoms with E-state index in [0.717, 1.165) is 12.2 Å². The zero-order valence-electron chi connectivity index (χ0n) is 14.5. The minimum atomic E-state index is 0.0435. The van der Waals surface area contributed by atoms with Crippen molar-refractivity contribution in [2.45, 2.75) is 45.6 Å². The fourth-order valence-corrected chi connectivity index (χ4v) is 3.20. The average Bonchev–Trinajstić information content (AvgIpc) is 3.35. The summed E-state index contributed by atoms with van der Waals surface area (Å²) in [6, 6.07) is 12.6. The topological polar surface area (TPSA) is 43.3 Å². The number of para-hydroxylation sites is 1. The largest absolute Gasteiger partial charge is 0.493 e. The van der Waals surface area contributed by atoms with Crippen molar-refractivity contribution in [3.8, 4) is 5.75 Å². The van der Waals surface area contributed by atoms with Crippen molar-refractivity contribution < 1.29 is 9.53 Å². The molecule has 0 atom stereocenters. The number of carbonyl (C=O) groups is 1. The molecule has 4 nitrogen and oxygen atoms in total. The molecule has 1 amide bonds. The van der Waals surface area contributed by atoms with Gasteiger partial charge in [0, 0.05) is 24.0 Å². The molecule has 0 spiro atoms. The van der Waals surface area contributed by atoms with Crippen LogP contribution in [0.15, 0.2) is 36.4 Å². The smallest absolute Gasteiger partial charge is 0.223 e. The van der Waals surface area contributed by atoms with E-state index in [1.54, 1.807) is 0 Å². The second-order valence-corrected chi connectivity index (χ2v) is 6.51. The Bertz CT molecular complexity index is 687. The van der Waals surface area contributed by atoms with Crippen molar-refractivity contribution in [3.63, 3.8) is 0 Å². The number of ether oxygens (including phenoxy) is 1. The SMILES string of the molecule is Cc1cc(CCNC(=O)CCOc2ccccc2)c(C)n1C1CC1. The molecular formula is C20H26N2O2. The molecule has 1 aliphatic carbocycles. The lowest BCUT2D eigenvalue weighted by Gasteiger charge is -2.09. The number of carbonyl (C=O) groups excluding carboxylic acids is 1. The van der Waals surface area contributed by atoms with Gasteiger partial charge in [-0.3, -0.25) is 4.79 Å². The highest BCUT2D eigenvalue weighted by Crippen LogP contribution is 2.38. The predicted octanol–water partition coefficient (Wildman–Crippen LogP) is 3.57. The first-order chi connectivity index (χ1) is 11.6. The van der Waals surface area contributed by atoms with E-state index in [9.17, 15) is 4.79 Å². The maximum atomic E-state index is 11.9. The molecule has 0 aliphatic heterocycles. The van der Waals surface area contributed by atoms with Crippen LogP contribution in [0.1, 0.15) is 42.3 Å². The van der Waals surface area contributed by atoms with Crippen LogP contribution in [-0.2, 0) is 11.2 Å². The molecule has 1 aromatic heterocycles. The second kappa shape index (κ2) is 7.56. The molecule has 0 radical (unpaired) electrons. The summed E-state index contributed by atoms with van der Waals surface area (Å²) in [6.07, 6.45) is 3.87. The molecule has 3 rings (SSSR count). The summed E-state index contributed by atoms with van der Waals surface area (Å²) in [5.41, 5.74) is 4.05. The van der Waals surface area contributed by atoms with Crippen molar-refractivity contribution >= 4 is 5.91 Å². The summed E-state index contributed by atoms with van der Waals surface area (Å²) in [4.78, 5) is 11.9. The number of amides is 1. The van der Waals surface area contributed by atoms with E-state index in [1.165, 1.54) is 29.8 Å². The van der Waals surface area contributed by atoms with Crippen LogP contribution in [0.4, 0.5) is 0 Å². The van der Waals surface area contributed by atoms with Gasteiger partial charge in [-0.1, -0.05) is 18.2 Å². The van der Waals surface area contributed by atoms with Crippen LogP contribution in [0.5, 0.6) is 5.75 Å². The Kier molecular flexibility index (Phi) is 5.24. The molecule has 1 saturated carbocycles. The first-order valence-corrected chi connectivity index (χ1v) is 8.77. The van der Waals surface area contributed by atoms with Gasteiger partial charge in [0.25, 0.3) is 0 Å². The zero-order valence-corrected chi connectivity index (χ0v) is 14.5. The Morgan fingerprint density at radius 3 is 2.71 bits per heavy atom. The molecule has 1 aliphatic rings. The molecule has 1 aromatic carbocycles. The molecule has 4 heteroatoms. The third-order valence-electron chi connectivity index (χ3n) is 4.56. The average molecular weight is 326 g/mol. The van der Waals surface area contributed by atoms with Crippen molar-refractivity contribution in [2.24, 2.45) is 0 Å². The third kappa shape index (κ3) is 4.19. The van der Waals surface area contributed by atoms with E-state index in [0.29, 0.717) is 25.6 Å². The molecule has 128 valence electrons. The number of nitrogens with one attached hydrogen (secondary N) is 1. The summed E-state index contributed by atoms with van der Waals surface area (Å²) in [5, 5.41) is 2.99. The summed E-state index contributed by atoms with van der Waals surface area (Å²) < 4.78 is 8.00. The number of aryl methyl sites for hydroxylation is 1. The molecule has 0 unspecified atom stereocenters. The molecule has 1 N–H and O–H groups in total. The van der Waals surface area contributed by atoms with Crippen LogP contribution in [0, 0.1) is 13.8 Å². The van der Waals surface area contributed by atoms with E-state index < -0.39 is 0 Å². The van der Waals surface area contributed by atoms with Crippen molar-refractivity contribution in [1.29, 1.82) is 0 Å². The molecule has 0 saturated heterocycles. The summed E-state index contributed by atoms with van der Waals surface area (Å²) >= 11 is 0. The number of aromatic nitrogens is 1. The van der Waals surface area contributed by atoms with Gasteiger partial charge in [0.05, 0.1) is 13.0 Å². The molecule has 1 heterocycles. The van der Waals surface area contributed by atoms with Crippen molar-refractivity contribution in [2.75, 3.05) is 13.2 Å². The molecule has 2 aromatic rings. The predicted molar refractivity (Wildman–Crippen MR) is 95.4 cm³/mol. The van der Waals surface area contributed by atoms with Gasteiger partial charge < -0.3 is 14.6 Å². The summed E-state index contributed by atoms with van der Waals surface area (Å²) in [5.74, 6) is 0.847. The van der Waals surface area contributed by atoms with E-state index >= 15 is 0 Å². The van der Waals surface area contributed by atoms with Crippen molar-refractivity contribution in [1.82, 2.24) is 9.88 Å². The fraction of sp³-hybridized carbons (Fsp3) is 0.450.